The molecule has 3 aromatic rings. The molecule has 4 rings (SSSR count). The molecule has 11 heteroatoms. The summed E-state index contributed by atoms with van der Waals surface area (Å²) in [5.41, 5.74) is 0.899. The van der Waals surface area contributed by atoms with Gasteiger partial charge in [0.05, 0.1) is 5.69 Å². The summed E-state index contributed by atoms with van der Waals surface area (Å²) in [6.07, 6.45) is 3.73. The first-order chi connectivity index (χ1) is 14.2. The van der Waals surface area contributed by atoms with Gasteiger partial charge in [0.1, 0.15) is 0 Å². The van der Waals surface area contributed by atoms with Crippen LogP contribution < -0.4 is 4.72 Å². The van der Waals surface area contributed by atoms with Gasteiger partial charge in [-0.1, -0.05) is 25.1 Å². The molecule has 1 saturated carbocycles. The van der Waals surface area contributed by atoms with Crippen molar-refractivity contribution < 1.29 is 22.1 Å². The van der Waals surface area contributed by atoms with Crippen molar-refractivity contribution >= 4 is 21.8 Å². The van der Waals surface area contributed by atoms with Crippen molar-refractivity contribution in [1.29, 1.82) is 0 Å². The first-order valence-electron chi connectivity index (χ1n) is 9.37. The summed E-state index contributed by atoms with van der Waals surface area (Å²) in [4.78, 5) is 16.2. The quantitative estimate of drug-likeness (QED) is 0.455. The number of amides is 1. The summed E-state index contributed by atoms with van der Waals surface area (Å²) in [5.74, 6) is -3.83. The Morgan fingerprint density at radius 3 is 2.67 bits per heavy atom. The Labute approximate surface area is 171 Å². The molecule has 0 bridgehead atoms. The normalized spacial score (nSPS) is 16.5. The number of hydrogen-bond donors (Lipinski definition) is 1. The minimum Gasteiger partial charge on any atom is -0.268 e. The topological polar surface area (TPSA) is 96.7 Å². The highest BCUT2D eigenvalue weighted by Gasteiger charge is 2.47. The van der Waals surface area contributed by atoms with Crippen molar-refractivity contribution in [3.8, 4) is 0 Å². The minimum atomic E-state index is -5.14. The number of halogens is 2. The molecule has 2 heterocycles. The molecule has 1 amide bonds. The number of fused-ring (bicyclic) bond motifs is 1. The number of aromatic nitrogens is 3. The third kappa shape index (κ3) is 3.65. The van der Waals surface area contributed by atoms with E-state index in [0.29, 0.717) is 11.6 Å². The van der Waals surface area contributed by atoms with Crippen molar-refractivity contribution in [3.05, 3.63) is 65.6 Å². The van der Waals surface area contributed by atoms with Gasteiger partial charge < -0.3 is 0 Å². The number of nitrogens with one attached hydrogen (secondary N) is 1. The van der Waals surface area contributed by atoms with Gasteiger partial charge in [0, 0.05) is 46.5 Å². The van der Waals surface area contributed by atoms with Crippen molar-refractivity contribution in [3.63, 3.8) is 0 Å². The maximum absolute atomic E-state index is 15.6. The summed E-state index contributed by atoms with van der Waals surface area (Å²) < 4.78 is 57.2. The number of nitrogens with zero attached hydrogens (tertiary/aromatic N) is 4. The Bertz CT molecular complexity index is 1200. The molecule has 0 radical (unpaired) electrons. The number of benzene rings is 1. The Balaban J connectivity index is 1.63. The van der Waals surface area contributed by atoms with Gasteiger partial charge in [0.25, 0.3) is 5.91 Å². The number of carbonyl (C=O) groups excluding carboxylic acids is 1. The van der Waals surface area contributed by atoms with Gasteiger partial charge >= 0.3 is 10.2 Å². The van der Waals surface area contributed by atoms with Crippen LogP contribution in [0.3, 0.4) is 0 Å². The summed E-state index contributed by atoms with van der Waals surface area (Å²) in [7, 11) is -5.14. The molecule has 0 aliphatic heterocycles. The van der Waals surface area contributed by atoms with Crippen LogP contribution in [-0.2, 0) is 16.0 Å². The molecule has 1 fully saturated rings. The number of alkyl halides is 1. The Morgan fingerprint density at radius 2 is 2.03 bits per heavy atom. The predicted molar refractivity (Wildman–Crippen MR) is 104 cm³/mol. The molecule has 30 heavy (non-hydrogen) atoms. The Kier molecular flexibility index (Phi) is 5.02. The average molecular weight is 435 g/mol. The number of hydrogen-bond acceptors (Lipinski definition) is 5. The van der Waals surface area contributed by atoms with E-state index >= 15 is 4.39 Å². The molecule has 1 N–H and O–H groups in total. The van der Waals surface area contributed by atoms with Crippen LogP contribution in [0.5, 0.6) is 0 Å². The van der Waals surface area contributed by atoms with Crippen LogP contribution >= 0.6 is 0 Å². The third-order valence-electron chi connectivity index (χ3n) is 4.99. The van der Waals surface area contributed by atoms with E-state index in [1.807, 2.05) is 0 Å². The van der Waals surface area contributed by atoms with Crippen LogP contribution in [0.25, 0.3) is 5.65 Å². The van der Waals surface area contributed by atoms with Crippen LogP contribution in [0.15, 0.2) is 48.8 Å². The fraction of sp³-hybridized carbons (Fsp3) is 0.316. The van der Waals surface area contributed by atoms with Gasteiger partial charge in [-0.15, -0.1) is 4.48 Å². The highest BCUT2D eigenvalue weighted by molar-refractivity contribution is 7.87. The first kappa shape index (κ1) is 20.4. The van der Waals surface area contributed by atoms with E-state index in [1.54, 1.807) is 16.9 Å². The van der Waals surface area contributed by atoms with E-state index in [2.05, 4.69) is 10.1 Å². The van der Waals surface area contributed by atoms with Gasteiger partial charge in [0.2, 0.25) is 5.79 Å². The van der Waals surface area contributed by atoms with Gasteiger partial charge in [-0.3, -0.25) is 4.79 Å². The number of rotatable bonds is 7. The molecule has 2 aromatic heterocycles. The fourth-order valence-electron chi connectivity index (χ4n) is 3.10. The third-order valence-corrected chi connectivity index (χ3v) is 6.14. The molecule has 158 valence electrons. The fourth-order valence-corrected chi connectivity index (χ4v) is 4.15. The van der Waals surface area contributed by atoms with Gasteiger partial charge in [-0.2, -0.15) is 13.5 Å². The SMILES string of the molecule is CCC(F)(c1cnc2cc(C3CC3)nn2c1)N(F)S(=O)(=O)NC(=O)c1ccccc1. The Morgan fingerprint density at radius 1 is 1.33 bits per heavy atom. The molecule has 0 saturated heterocycles. The van der Waals surface area contributed by atoms with E-state index in [4.69, 9.17) is 0 Å². The van der Waals surface area contributed by atoms with E-state index in [0.717, 1.165) is 24.7 Å². The maximum Gasteiger partial charge on any atom is 0.333 e. The largest absolute Gasteiger partial charge is 0.333 e. The lowest BCUT2D eigenvalue weighted by Crippen LogP contribution is -2.48. The summed E-state index contributed by atoms with van der Waals surface area (Å²) in [6, 6.07) is 9.12. The molecule has 1 atom stereocenters. The van der Waals surface area contributed by atoms with Gasteiger partial charge in [0.15, 0.2) is 5.65 Å². The zero-order valence-electron chi connectivity index (χ0n) is 16.0. The highest BCUT2D eigenvalue weighted by Crippen LogP contribution is 2.40. The molecule has 8 nitrogen and oxygen atoms in total. The zero-order valence-corrected chi connectivity index (χ0v) is 16.8. The van der Waals surface area contributed by atoms with Gasteiger partial charge in [-0.05, 0) is 25.0 Å². The summed E-state index contributed by atoms with van der Waals surface area (Å²) >= 11 is 0. The predicted octanol–water partition coefficient (Wildman–Crippen LogP) is 3.00. The van der Waals surface area contributed by atoms with E-state index in [1.165, 1.54) is 41.9 Å². The minimum absolute atomic E-state index is 0.0114. The lowest BCUT2D eigenvalue weighted by atomic mass is 10.1. The standard InChI is InChI=1S/C19H19F2N5O3S/c1-2-19(20,15-11-22-17-10-16(13-8-9-13)23-25(17)12-15)26(21)30(28,29)24-18(27)14-6-4-3-5-7-14/h3-7,10-13H,2,8-9H2,1H3,(H,24,27). The lowest BCUT2D eigenvalue weighted by molar-refractivity contribution is -0.0944. The lowest BCUT2D eigenvalue weighted by Gasteiger charge is -2.28. The summed E-state index contributed by atoms with van der Waals surface area (Å²) in [5, 5.41) is 4.32. The van der Waals surface area contributed by atoms with Crippen LogP contribution in [0.4, 0.5) is 8.87 Å². The second kappa shape index (κ2) is 7.40. The maximum atomic E-state index is 15.6. The van der Waals surface area contributed by atoms with Crippen molar-refractivity contribution in [1.82, 2.24) is 23.8 Å². The zero-order chi connectivity index (χ0) is 21.5. The van der Waals surface area contributed by atoms with Crippen LogP contribution in [0.1, 0.15) is 53.7 Å². The molecule has 1 aliphatic carbocycles. The molecule has 0 spiro atoms. The molecule has 1 aliphatic rings. The van der Waals surface area contributed by atoms with E-state index in [-0.39, 0.29) is 11.1 Å². The van der Waals surface area contributed by atoms with Crippen molar-refractivity contribution in [2.45, 2.75) is 37.9 Å². The van der Waals surface area contributed by atoms with Gasteiger partial charge in [-0.25, -0.2) is 18.6 Å². The molecular formula is C19H19F2N5O3S. The first-order valence-corrected chi connectivity index (χ1v) is 10.8. The second-order valence-electron chi connectivity index (χ2n) is 7.12. The highest BCUT2D eigenvalue weighted by atomic mass is 32.2. The van der Waals surface area contributed by atoms with Crippen molar-refractivity contribution in [2.24, 2.45) is 0 Å². The van der Waals surface area contributed by atoms with Crippen LogP contribution in [-0.4, -0.2) is 33.5 Å². The monoisotopic (exact) mass is 435 g/mol. The summed E-state index contributed by atoms with van der Waals surface area (Å²) in [6.45, 7) is 1.28. The smallest absolute Gasteiger partial charge is 0.268 e. The van der Waals surface area contributed by atoms with E-state index < -0.39 is 32.9 Å². The molecule has 1 unspecified atom stereocenters. The van der Waals surface area contributed by atoms with Crippen LogP contribution in [0, 0.1) is 0 Å². The Hall–Kier alpha value is -2.92. The molecular weight excluding hydrogens is 416 g/mol. The second-order valence-corrected chi connectivity index (χ2v) is 8.59. The van der Waals surface area contributed by atoms with E-state index in [9.17, 15) is 17.7 Å². The van der Waals surface area contributed by atoms with Crippen molar-refractivity contribution in [2.75, 3.05) is 0 Å². The van der Waals surface area contributed by atoms with Crippen LogP contribution in [0.2, 0.25) is 0 Å². The molecule has 1 aromatic carbocycles. The number of carbonyl (C=O) groups is 1. The average Bonchev–Trinajstić information content (AvgIpc) is 3.51.